The summed E-state index contributed by atoms with van der Waals surface area (Å²) in [6.45, 7) is 0.0725. The highest BCUT2D eigenvalue weighted by Gasteiger charge is 2.19. The number of rotatable bonds is 9. The first-order valence-corrected chi connectivity index (χ1v) is 11.0. The second-order valence-corrected chi connectivity index (χ2v) is 8.18. The molecule has 0 atom stereocenters. The monoisotopic (exact) mass is 456 g/mol. The Hall–Kier alpha value is -3.96. The molecule has 0 unspecified atom stereocenters. The van der Waals surface area contributed by atoms with Gasteiger partial charge in [-0.2, -0.15) is 0 Å². The van der Waals surface area contributed by atoms with Crippen LogP contribution in [0, 0.1) is 10.1 Å². The SMILES string of the molecule is NS(=O)(=O)c1ccc(NCCC(=O)Nc2ccccc2Oc2ccccc2)c([N+](=O)[O-])c1. The lowest BCUT2D eigenvalue weighted by Crippen LogP contribution is -2.17. The average molecular weight is 456 g/mol. The third kappa shape index (κ3) is 6.03. The van der Waals surface area contributed by atoms with Crippen LogP contribution in [-0.2, 0) is 14.8 Å². The maximum absolute atomic E-state index is 12.4. The van der Waals surface area contributed by atoms with E-state index in [1.807, 2.05) is 18.2 Å². The molecule has 10 nitrogen and oxygen atoms in total. The van der Waals surface area contributed by atoms with Crippen molar-refractivity contribution in [1.82, 2.24) is 0 Å². The molecule has 0 spiro atoms. The standard InChI is InChI=1S/C21H20N4O6S/c22-32(29,30)16-10-11-17(19(14-16)25(27)28)23-13-12-21(26)24-18-8-4-5-9-20(18)31-15-6-2-1-3-7-15/h1-11,14,23H,12-13H2,(H,24,26)(H2,22,29,30). The number of para-hydroxylation sites is 3. The van der Waals surface area contributed by atoms with E-state index in [0.717, 1.165) is 12.1 Å². The van der Waals surface area contributed by atoms with Crippen LogP contribution >= 0.6 is 0 Å². The molecule has 3 rings (SSSR count). The molecule has 3 aromatic rings. The van der Waals surface area contributed by atoms with Crippen molar-refractivity contribution in [3.8, 4) is 11.5 Å². The van der Waals surface area contributed by atoms with E-state index in [9.17, 15) is 23.3 Å². The average Bonchev–Trinajstić information content (AvgIpc) is 2.75. The molecule has 166 valence electrons. The van der Waals surface area contributed by atoms with Crippen molar-refractivity contribution in [3.05, 3.63) is 82.9 Å². The first-order chi connectivity index (χ1) is 15.2. The van der Waals surface area contributed by atoms with Gasteiger partial charge in [0.05, 0.1) is 15.5 Å². The van der Waals surface area contributed by atoms with E-state index in [0.29, 0.717) is 17.2 Å². The minimum absolute atomic E-state index is 0.00619. The number of nitrogens with one attached hydrogen (secondary N) is 2. The van der Waals surface area contributed by atoms with Crippen molar-refractivity contribution in [2.24, 2.45) is 5.14 Å². The molecule has 0 aliphatic heterocycles. The van der Waals surface area contributed by atoms with E-state index in [1.54, 1.807) is 36.4 Å². The number of amides is 1. The number of ether oxygens (including phenoxy) is 1. The molecule has 0 fully saturated rings. The molecule has 0 aliphatic carbocycles. The Bertz CT molecular complexity index is 1230. The van der Waals surface area contributed by atoms with E-state index in [1.165, 1.54) is 6.07 Å². The molecule has 3 aromatic carbocycles. The predicted octanol–water partition coefficient (Wildman–Crippen LogP) is 3.48. The van der Waals surface area contributed by atoms with Gasteiger partial charge in [-0.1, -0.05) is 30.3 Å². The number of nitro groups is 1. The number of benzene rings is 3. The molecular weight excluding hydrogens is 436 g/mol. The molecule has 0 aromatic heterocycles. The molecule has 0 aliphatic rings. The Morgan fingerprint density at radius 1 is 1.00 bits per heavy atom. The van der Waals surface area contributed by atoms with Gasteiger partial charge in [-0.15, -0.1) is 0 Å². The first-order valence-electron chi connectivity index (χ1n) is 9.41. The van der Waals surface area contributed by atoms with Gasteiger partial charge in [-0.25, -0.2) is 13.6 Å². The Kier molecular flexibility index (Phi) is 7.03. The second kappa shape index (κ2) is 9.90. The van der Waals surface area contributed by atoms with Crippen molar-refractivity contribution < 1.29 is 22.9 Å². The van der Waals surface area contributed by atoms with Gasteiger partial charge >= 0.3 is 0 Å². The number of carbonyl (C=O) groups is 1. The summed E-state index contributed by atoms with van der Waals surface area (Å²) in [6.07, 6.45) is -0.00619. The summed E-state index contributed by atoms with van der Waals surface area (Å²) >= 11 is 0. The van der Waals surface area contributed by atoms with Gasteiger partial charge in [-0.3, -0.25) is 14.9 Å². The van der Waals surface area contributed by atoms with Gasteiger partial charge in [0.1, 0.15) is 11.4 Å². The maximum atomic E-state index is 12.4. The maximum Gasteiger partial charge on any atom is 0.293 e. The van der Waals surface area contributed by atoms with Crippen LogP contribution < -0.4 is 20.5 Å². The zero-order valence-corrected chi connectivity index (χ0v) is 17.5. The largest absolute Gasteiger partial charge is 0.455 e. The summed E-state index contributed by atoms with van der Waals surface area (Å²) in [7, 11) is -4.08. The molecule has 0 bridgehead atoms. The highest BCUT2D eigenvalue weighted by atomic mass is 32.2. The quantitative estimate of drug-likeness (QED) is 0.329. The van der Waals surface area contributed by atoms with Crippen LogP contribution in [-0.4, -0.2) is 25.8 Å². The molecule has 4 N–H and O–H groups in total. The molecule has 11 heteroatoms. The van der Waals surface area contributed by atoms with Crippen molar-refractivity contribution in [2.75, 3.05) is 17.2 Å². The van der Waals surface area contributed by atoms with Crippen molar-refractivity contribution >= 4 is 33.0 Å². The number of nitro benzene ring substituents is 1. The fourth-order valence-electron chi connectivity index (χ4n) is 2.79. The van der Waals surface area contributed by atoms with Gasteiger partial charge in [0.2, 0.25) is 15.9 Å². The minimum Gasteiger partial charge on any atom is -0.455 e. The fraction of sp³-hybridized carbons (Fsp3) is 0.0952. The molecular formula is C21H20N4O6S. The van der Waals surface area contributed by atoms with Gasteiger partial charge in [-0.05, 0) is 36.4 Å². The Morgan fingerprint density at radius 2 is 1.69 bits per heavy atom. The number of hydrogen-bond acceptors (Lipinski definition) is 7. The lowest BCUT2D eigenvalue weighted by molar-refractivity contribution is -0.384. The lowest BCUT2D eigenvalue weighted by Gasteiger charge is -2.13. The molecule has 0 heterocycles. The van der Waals surface area contributed by atoms with Crippen molar-refractivity contribution in [1.29, 1.82) is 0 Å². The summed E-state index contributed by atoms with van der Waals surface area (Å²) in [5.74, 6) is 0.741. The Labute approximate surface area is 184 Å². The van der Waals surface area contributed by atoms with Gasteiger partial charge in [0, 0.05) is 19.0 Å². The number of primary sulfonamides is 1. The molecule has 0 radical (unpaired) electrons. The zero-order valence-electron chi connectivity index (χ0n) is 16.7. The highest BCUT2D eigenvalue weighted by molar-refractivity contribution is 7.89. The highest BCUT2D eigenvalue weighted by Crippen LogP contribution is 2.29. The van der Waals surface area contributed by atoms with Gasteiger partial charge in [0.15, 0.2) is 5.75 Å². The summed E-state index contributed by atoms with van der Waals surface area (Å²) < 4.78 is 28.6. The predicted molar refractivity (Wildman–Crippen MR) is 119 cm³/mol. The van der Waals surface area contributed by atoms with E-state index in [4.69, 9.17) is 9.88 Å². The number of hydrogen-bond donors (Lipinski definition) is 3. The Balaban J connectivity index is 1.62. The third-order valence-corrected chi connectivity index (χ3v) is 5.21. The molecule has 32 heavy (non-hydrogen) atoms. The smallest absolute Gasteiger partial charge is 0.293 e. The van der Waals surface area contributed by atoms with Crippen LogP contribution in [0.25, 0.3) is 0 Å². The van der Waals surface area contributed by atoms with Gasteiger partial charge in [0.25, 0.3) is 5.69 Å². The van der Waals surface area contributed by atoms with E-state index in [-0.39, 0.29) is 29.5 Å². The van der Waals surface area contributed by atoms with E-state index in [2.05, 4.69) is 10.6 Å². The number of carbonyl (C=O) groups excluding carboxylic acids is 1. The topological polar surface area (TPSA) is 154 Å². The minimum atomic E-state index is -4.08. The first kappa shape index (κ1) is 22.7. The summed E-state index contributed by atoms with van der Waals surface area (Å²) in [5, 5.41) is 21.8. The normalized spacial score (nSPS) is 10.9. The van der Waals surface area contributed by atoms with Crippen LogP contribution in [0.1, 0.15) is 6.42 Å². The zero-order chi connectivity index (χ0) is 23.1. The second-order valence-electron chi connectivity index (χ2n) is 6.62. The van der Waals surface area contributed by atoms with Crippen LogP contribution in [0.5, 0.6) is 11.5 Å². The van der Waals surface area contributed by atoms with Gasteiger partial charge < -0.3 is 15.4 Å². The molecule has 1 amide bonds. The van der Waals surface area contributed by atoms with Crippen LogP contribution in [0.3, 0.4) is 0 Å². The summed E-state index contributed by atoms with van der Waals surface area (Å²) in [6, 6.07) is 19.3. The fourth-order valence-corrected chi connectivity index (χ4v) is 3.32. The van der Waals surface area contributed by atoms with Crippen LogP contribution in [0.15, 0.2) is 77.7 Å². The van der Waals surface area contributed by atoms with Crippen molar-refractivity contribution in [2.45, 2.75) is 11.3 Å². The Morgan fingerprint density at radius 3 is 2.38 bits per heavy atom. The summed E-state index contributed by atoms with van der Waals surface area (Å²) in [5.41, 5.74) is 0.0892. The number of anilines is 2. The summed E-state index contributed by atoms with van der Waals surface area (Å²) in [4.78, 5) is 22.5. The van der Waals surface area contributed by atoms with Crippen LogP contribution in [0.2, 0.25) is 0 Å². The number of sulfonamides is 1. The lowest BCUT2D eigenvalue weighted by atomic mass is 10.2. The van der Waals surface area contributed by atoms with Crippen LogP contribution in [0.4, 0.5) is 17.1 Å². The number of nitrogens with zero attached hydrogens (tertiary/aromatic N) is 1. The third-order valence-electron chi connectivity index (χ3n) is 4.29. The van der Waals surface area contributed by atoms with E-state index < -0.39 is 20.6 Å². The molecule has 0 saturated heterocycles. The number of nitrogens with two attached hydrogens (primary N) is 1. The molecule has 0 saturated carbocycles. The van der Waals surface area contributed by atoms with E-state index >= 15 is 0 Å². The van der Waals surface area contributed by atoms with Crippen molar-refractivity contribution in [3.63, 3.8) is 0 Å².